The van der Waals surface area contributed by atoms with Gasteiger partial charge in [0.15, 0.2) is 5.69 Å². The van der Waals surface area contributed by atoms with Crippen molar-refractivity contribution < 1.29 is 23.8 Å². The molecule has 0 bridgehead atoms. The molecule has 1 saturated carbocycles. The van der Waals surface area contributed by atoms with Crippen molar-refractivity contribution in [1.29, 1.82) is 0 Å². The van der Waals surface area contributed by atoms with E-state index in [0.717, 1.165) is 52.0 Å². The molecule has 1 aromatic carbocycles. The number of imidazole rings is 1. The monoisotopic (exact) mass is 597 g/mol. The lowest BCUT2D eigenvalue weighted by Crippen LogP contribution is -2.27. The molecule has 0 radical (unpaired) electrons. The summed E-state index contributed by atoms with van der Waals surface area (Å²) >= 11 is 0. The van der Waals surface area contributed by atoms with Gasteiger partial charge < -0.3 is 18.8 Å². The van der Waals surface area contributed by atoms with Gasteiger partial charge in [0, 0.05) is 34.6 Å². The van der Waals surface area contributed by atoms with Crippen molar-refractivity contribution in [1.82, 2.24) is 9.55 Å². The number of ether oxygens (including phenoxy) is 1. The maximum atomic E-state index is 12.9. The highest BCUT2D eigenvalue weighted by Crippen LogP contribution is 2.46. The van der Waals surface area contributed by atoms with Gasteiger partial charge in [0.25, 0.3) is 0 Å². The molecule has 0 spiro atoms. The van der Waals surface area contributed by atoms with Crippen molar-refractivity contribution in [2.75, 3.05) is 5.32 Å². The molecule has 0 saturated heterocycles. The molecule has 3 aliphatic rings. The molecule has 43 heavy (non-hydrogen) atoms. The Morgan fingerprint density at radius 3 is 2.49 bits per heavy atom. The number of para-hydroxylation sites is 1. The Morgan fingerprint density at radius 1 is 1.14 bits per heavy atom. The van der Waals surface area contributed by atoms with Gasteiger partial charge in [0.05, 0.1) is 30.5 Å². The van der Waals surface area contributed by atoms with Crippen LogP contribution in [0.4, 0.5) is 10.5 Å². The number of amides is 1. The molecule has 1 aliphatic heterocycles. The van der Waals surface area contributed by atoms with Crippen molar-refractivity contribution in [2.24, 2.45) is 0 Å². The number of carboxylic acid groups (broad SMARTS) is 1. The van der Waals surface area contributed by atoms with Crippen molar-refractivity contribution in [3.8, 4) is 33.7 Å². The van der Waals surface area contributed by atoms with Crippen LogP contribution in [0.15, 0.2) is 47.3 Å². The van der Waals surface area contributed by atoms with E-state index in [9.17, 15) is 14.7 Å². The first-order valence-electron chi connectivity index (χ1n) is 14.7. The smallest absolute Gasteiger partial charge is 0.412 e. The van der Waals surface area contributed by atoms with E-state index >= 15 is 0 Å². The van der Waals surface area contributed by atoms with Crippen molar-refractivity contribution in [3.63, 3.8) is 0 Å². The van der Waals surface area contributed by atoms with Crippen LogP contribution in [-0.4, -0.2) is 40.4 Å². The summed E-state index contributed by atoms with van der Waals surface area (Å²) in [4.78, 5) is 30.4. The van der Waals surface area contributed by atoms with Gasteiger partial charge in [-0.25, -0.2) is 14.6 Å². The highest BCUT2D eigenvalue weighted by atomic mass is 28.3. The van der Waals surface area contributed by atoms with E-state index in [-0.39, 0.29) is 18.2 Å². The van der Waals surface area contributed by atoms with Crippen LogP contribution in [-0.2, 0) is 17.7 Å². The molecular weight excluding hydrogens is 558 g/mol. The largest absolute Gasteiger partial charge is 0.477 e. The molecule has 5 rings (SSSR count). The van der Waals surface area contributed by atoms with Gasteiger partial charge >= 0.3 is 12.1 Å². The summed E-state index contributed by atoms with van der Waals surface area (Å²) in [6, 6.07) is 9.46. The van der Waals surface area contributed by atoms with Gasteiger partial charge in [-0.15, -0.1) is 5.54 Å². The lowest BCUT2D eigenvalue weighted by Gasteiger charge is -2.21. The third kappa shape index (κ3) is 6.54. The number of fused-ring (bicyclic) bond motifs is 1. The third-order valence-electron chi connectivity index (χ3n) is 7.20. The summed E-state index contributed by atoms with van der Waals surface area (Å²) in [7, 11) is -1.80. The number of carbonyl (C=O) groups excluding carboxylic acids is 1. The van der Waals surface area contributed by atoms with E-state index in [4.69, 9.17) is 14.1 Å². The lowest BCUT2D eigenvalue weighted by molar-refractivity contribution is 0.0633. The highest BCUT2D eigenvalue weighted by molar-refractivity contribution is 6.83. The van der Waals surface area contributed by atoms with Crippen molar-refractivity contribution in [3.05, 3.63) is 71.2 Å². The highest BCUT2D eigenvalue weighted by Gasteiger charge is 2.35. The fourth-order valence-electron chi connectivity index (χ4n) is 5.29. The molecule has 1 aromatic heterocycles. The molecule has 0 unspecified atom stereocenters. The normalized spacial score (nSPS) is 13.5. The lowest BCUT2D eigenvalue weighted by atomic mass is 9.98. The van der Waals surface area contributed by atoms with Gasteiger partial charge in [0.2, 0.25) is 0 Å². The van der Waals surface area contributed by atoms with E-state index in [2.05, 4.69) is 36.4 Å². The van der Waals surface area contributed by atoms with E-state index in [1.807, 2.05) is 62.6 Å². The number of benzene rings is 1. The van der Waals surface area contributed by atoms with E-state index in [0.29, 0.717) is 17.8 Å². The van der Waals surface area contributed by atoms with Gasteiger partial charge in [-0.1, -0.05) is 50.7 Å². The maximum Gasteiger partial charge on any atom is 0.412 e. The van der Waals surface area contributed by atoms with Crippen LogP contribution in [0, 0.1) is 11.5 Å². The second kappa shape index (κ2) is 11.4. The molecule has 1 fully saturated rings. The molecular formula is C34H39N3O5Si. The van der Waals surface area contributed by atoms with Crippen LogP contribution >= 0.6 is 0 Å². The van der Waals surface area contributed by atoms with Crippen LogP contribution in [0.3, 0.4) is 0 Å². The summed E-state index contributed by atoms with van der Waals surface area (Å²) < 4.78 is 13.1. The first kappa shape index (κ1) is 30.2. The van der Waals surface area contributed by atoms with Crippen LogP contribution in [0.1, 0.15) is 79.6 Å². The molecule has 8 nitrogen and oxygen atoms in total. The quantitative estimate of drug-likeness (QED) is 0.165. The fourth-order valence-corrected chi connectivity index (χ4v) is 5.79. The summed E-state index contributed by atoms with van der Waals surface area (Å²) in [5.74, 6) is 3.42. The molecule has 9 heteroatoms. The molecule has 1 amide bonds. The maximum absolute atomic E-state index is 12.9. The minimum Gasteiger partial charge on any atom is -0.477 e. The third-order valence-corrected chi connectivity index (χ3v) is 8.08. The Hall–Kier alpha value is -4.29. The summed E-state index contributed by atoms with van der Waals surface area (Å²) in [5.41, 5.74) is 9.34. The summed E-state index contributed by atoms with van der Waals surface area (Å²) in [6.45, 7) is 14.3. The Balaban J connectivity index is 1.77. The number of carboxylic acids is 1. The van der Waals surface area contributed by atoms with Crippen molar-refractivity contribution in [2.45, 2.75) is 84.7 Å². The van der Waals surface area contributed by atoms with Gasteiger partial charge in [-0.05, 0) is 56.9 Å². The van der Waals surface area contributed by atoms with Gasteiger partial charge in [-0.2, -0.15) is 0 Å². The number of aryl methyl sites for hydroxylation is 1. The Bertz CT molecular complexity index is 1720. The Morgan fingerprint density at radius 2 is 1.86 bits per heavy atom. The van der Waals surface area contributed by atoms with E-state index in [1.54, 1.807) is 12.5 Å². The summed E-state index contributed by atoms with van der Waals surface area (Å²) in [6.07, 6.45) is 5.25. The predicted octanol–water partition coefficient (Wildman–Crippen LogP) is 8.01. The number of carbonyl (C=O) groups is 2. The molecule has 2 aliphatic carbocycles. The van der Waals surface area contributed by atoms with Crippen LogP contribution < -0.4 is 5.32 Å². The number of nitrogens with zero attached hydrogens (tertiary/aromatic N) is 2. The van der Waals surface area contributed by atoms with Crippen LogP contribution in [0.25, 0.3) is 22.3 Å². The van der Waals surface area contributed by atoms with Gasteiger partial charge in [-0.3, -0.25) is 5.32 Å². The van der Waals surface area contributed by atoms with E-state index in [1.165, 1.54) is 0 Å². The fraction of sp³-hybridized carbons (Fsp3) is 0.382. The van der Waals surface area contributed by atoms with Crippen molar-refractivity contribution >= 4 is 25.8 Å². The van der Waals surface area contributed by atoms with Crippen LogP contribution in [0.2, 0.25) is 19.6 Å². The zero-order chi connectivity index (χ0) is 31.1. The first-order chi connectivity index (χ1) is 20.3. The predicted molar refractivity (Wildman–Crippen MR) is 170 cm³/mol. The second-order valence-electron chi connectivity index (χ2n) is 13.1. The Labute approximate surface area is 253 Å². The summed E-state index contributed by atoms with van der Waals surface area (Å²) in [5, 5.41) is 13.3. The molecule has 2 N–H and O–H groups in total. The number of nitrogens with one attached hydrogen (secondary N) is 1. The molecule has 0 atom stereocenters. The number of hydrogen-bond donors (Lipinski definition) is 2. The molecule has 2 aromatic rings. The Kier molecular flexibility index (Phi) is 8.01. The van der Waals surface area contributed by atoms with Crippen LogP contribution in [0.5, 0.6) is 0 Å². The average molecular weight is 598 g/mol. The zero-order valence-electron chi connectivity index (χ0n) is 25.9. The molecule has 224 valence electrons. The number of anilines is 1. The first-order valence-corrected chi connectivity index (χ1v) is 18.2. The molecule has 2 heterocycles. The number of aromatic nitrogens is 2. The topological polar surface area (TPSA) is 107 Å². The average Bonchev–Trinajstić information content (AvgIpc) is 3.63. The standard InChI is InChI=1S/C34H39N3O5Si/c1-8-28-36-30(21-13-14-21)31(32(38)39)37(28)19-25-22-15-17-41-20-26(22)23(16-18-43(5,6)7)29(25)24-11-9-10-12-27(24)35-33(40)42-34(2,3)4/h9-12,15,17,20-21H,8,13-14,19H2,1-7H3,(H,35,40)(H,38,39). The minimum absolute atomic E-state index is 0.184. The zero-order valence-corrected chi connectivity index (χ0v) is 26.9. The minimum atomic E-state index is -1.80. The van der Waals surface area contributed by atoms with E-state index < -0.39 is 25.7 Å². The second-order valence-corrected chi connectivity index (χ2v) is 17.8. The SMILES string of the molecule is CCc1nc(C2CC2)c(C(=O)O)n1Cc1c2ccocc-2c(C#C[Si](C)(C)C)c1-c1ccccc1NC(=O)OC(C)(C)C. The number of aromatic carboxylic acids is 1. The number of rotatable bonds is 7. The van der Waals surface area contributed by atoms with Gasteiger partial charge in [0.1, 0.15) is 19.5 Å². The number of hydrogen-bond acceptors (Lipinski definition) is 5.